The van der Waals surface area contributed by atoms with E-state index in [-0.39, 0.29) is 0 Å². The summed E-state index contributed by atoms with van der Waals surface area (Å²) in [6, 6.07) is 13.4. The van der Waals surface area contributed by atoms with Crippen molar-refractivity contribution in [2.24, 2.45) is 29.6 Å². The maximum Gasteiger partial charge on any atom is -0.00108 e. The molecule has 6 rings (SSSR count). The Kier molecular flexibility index (Phi) is 9.27. The van der Waals surface area contributed by atoms with Gasteiger partial charge in [0, 0.05) is 0 Å². The summed E-state index contributed by atoms with van der Waals surface area (Å²) in [6.45, 7) is 24.1. The average molecular weight is 601 g/mol. The zero-order chi connectivity index (χ0) is 32.2. The predicted octanol–water partition coefficient (Wildman–Crippen LogP) is 13.7. The molecule has 0 amide bonds. The van der Waals surface area contributed by atoms with Crippen LogP contribution in [0.4, 0.5) is 0 Å². The van der Waals surface area contributed by atoms with E-state index in [0.29, 0.717) is 29.6 Å². The summed E-state index contributed by atoms with van der Waals surface area (Å²) >= 11 is 0. The van der Waals surface area contributed by atoms with Crippen molar-refractivity contribution in [1.82, 2.24) is 0 Å². The Labute approximate surface area is 274 Å². The van der Waals surface area contributed by atoms with E-state index in [0.717, 1.165) is 0 Å². The van der Waals surface area contributed by atoms with Gasteiger partial charge in [-0.3, -0.25) is 0 Å². The minimum Gasteiger partial charge on any atom is -0.0651 e. The van der Waals surface area contributed by atoms with Crippen LogP contribution in [-0.4, -0.2) is 0 Å². The monoisotopic (exact) mass is 600 g/mol. The van der Waals surface area contributed by atoms with Crippen molar-refractivity contribution in [2.75, 3.05) is 0 Å². The van der Waals surface area contributed by atoms with E-state index in [2.05, 4.69) is 99.6 Å². The highest BCUT2D eigenvalue weighted by molar-refractivity contribution is 6.45. The van der Waals surface area contributed by atoms with Crippen molar-refractivity contribution in [3.8, 4) is 0 Å². The molecular formula is C45H60. The van der Waals surface area contributed by atoms with E-state index in [1.54, 1.807) is 81.7 Å². The summed E-state index contributed by atoms with van der Waals surface area (Å²) in [6.07, 6.45) is 12.0. The molecule has 0 saturated heterocycles. The topological polar surface area (TPSA) is 0 Å². The Bertz CT molecular complexity index is 1540. The molecule has 6 aromatic rings. The first-order valence-corrected chi connectivity index (χ1v) is 18.9. The Morgan fingerprint density at radius 3 is 0.600 bits per heavy atom. The van der Waals surface area contributed by atoms with Gasteiger partial charge in [-0.2, -0.15) is 0 Å². The van der Waals surface area contributed by atoms with Crippen LogP contribution in [0.3, 0.4) is 0 Å². The molecular weight excluding hydrogens is 540 g/mol. The summed E-state index contributed by atoms with van der Waals surface area (Å²) < 4.78 is 0. The lowest BCUT2D eigenvalue weighted by atomic mass is 9.84. The maximum atomic E-state index is 2.68. The molecule has 6 aromatic carbocycles. The molecule has 240 valence electrons. The van der Waals surface area contributed by atoms with Gasteiger partial charge in [0.2, 0.25) is 0 Å². The van der Waals surface area contributed by atoms with Crippen molar-refractivity contribution >= 4 is 53.9 Å². The molecule has 0 saturated carbocycles. The normalized spacial score (nSPS) is 16.2. The van der Waals surface area contributed by atoms with Gasteiger partial charge in [0.05, 0.1) is 0 Å². The van der Waals surface area contributed by atoms with Crippen LogP contribution >= 0.6 is 0 Å². The van der Waals surface area contributed by atoms with Crippen LogP contribution in [0.2, 0.25) is 0 Å². The summed E-state index contributed by atoms with van der Waals surface area (Å²) in [4.78, 5) is 0. The molecule has 0 heterocycles. The molecule has 0 aliphatic heterocycles. The van der Waals surface area contributed by atoms with Crippen LogP contribution in [0.5, 0.6) is 0 Å². The summed E-state index contributed by atoms with van der Waals surface area (Å²) in [5, 5.41) is 15.8. The van der Waals surface area contributed by atoms with E-state index in [1.165, 1.54) is 64.2 Å². The molecule has 0 unspecified atom stereocenters. The Morgan fingerprint density at radius 2 is 0.467 bits per heavy atom. The maximum absolute atomic E-state index is 2.68. The molecule has 0 heteroatoms. The van der Waals surface area contributed by atoms with Gasteiger partial charge in [-0.25, -0.2) is 0 Å². The van der Waals surface area contributed by atoms with Crippen LogP contribution in [0, 0.1) is 29.6 Å². The highest BCUT2D eigenvalue weighted by Gasteiger charge is 2.28. The second-order valence-electron chi connectivity index (χ2n) is 15.9. The molecule has 0 aromatic heterocycles. The molecule has 0 aliphatic rings. The smallest absolute Gasteiger partial charge is 0.00108 e. The predicted molar refractivity (Wildman–Crippen MR) is 203 cm³/mol. The van der Waals surface area contributed by atoms with Crippen LogP contribution < -0.4 is 0 Å². The molecule has 0 aliphatic carbocycles. The fourth-order valence-electron chi connectivity index (χ4n) is 8.30. The first-order valence-electron chi connectivity index (χ1n) is 18.9. The van der Waals surface area contributed by atoms with Crippen LogP contribution in [0.25, 0.3) is 53.9 Å². The highest BCUT2D eigenvalue weighted by atomic mass is 14.3. The highest BCUT2D eigenvalue weighted by Crippen LogP contribution is 2.53. The second-order valence-corrected chi connectivity index (χ2v) is 15.9. The molecule has 0 spiro atoms. The zero-order valence-electron chi connectivity index (χ0n) is 30.3. The van der Waals surface area contributed by atoms with Crippen LogP contribution in [0.15, 0.2) is 30.3 Å². The fraction of sp³-hybridized carbons (Fsp3) is 0.556. The summed E-state index contributed by atoms with van der Waals surface area (Å²) in [7, 11) is 0. The van der Waals surface area contributed by atoms with Crippen molar-refractivity contribution in [1.29, 1.82) is 0 Å². The molecule has 0 nitrogen and oxygen atoms in total. The Hall–Kier alpha value is -2.60. The Morgan fingerprint density at radius 1 is 0.311 bits per heavy atom. The quantitative estimate of drug-likeness (QED) is 0.103. The molecule has 0 fully saturated rings. The largest absolute Gasteiger partial charge is 0.0651 e. The molecule has 45 heavy (non-hydrogen) atoms. The number of benzene rings is 5. The lowest BCUT2D eigenvalue weighted by Gasteiger charge is -2.20. The van der Waals surface area contributed by atoms with Gasteiger partial charge in [-0.05, 0) is 143 Å². The molecule has 5 atom stereocenters. The zero-order valence-corrected chi connectivity index (χ0v) is 30.3. The minimum absolute atomic E-state index is 0.685. The first kappa shape index (κ1) is 32.3. The SMILES string of the molecule is CC[C@H](C)Cc1cc2c(C[C@@H](C)CC)cc3c(C[C@@H](C)CC)cc4c(C[C@@H](C)CC)cc5c(C[C@@H](C)CC)cc1c1c5c4c3c21. The fourth-order valence-corrected chi connectivity index (χ4v) is 8.30. The third-order valence-electron chi connectivity index (χ3n) is 12.2. The van der Waals surface area contributed by atoms with Gasteiger partial charge < -0.3 is 0 Å². The van der Waals surface area contributed by atoms with E-state index >= 15 is 0 Å². The number of hydrogen-bond donors (Lipinski definition) is 0. The number of hydrogen-bond acceptors (Lipinski definition) is 0. The van der Waals surface area contributed by atoms with Gasteiger partial charge in [0.1, 0.15) is 0 Å². The van der Waals surface area contributed by atoms with Crippen molar-refractivity contribution in [3.63, 3.8) is 0 Å². The van der Waals surface area contributed by atoms with Crippen molar-refractivity contribution in [2.45, 2.75) is 133 Å². The third-order valence-corrected chi connectivity index (χ3v) is 12.2. The summed E-state index contributed by atoms with van der Waals surface area (Å²) in [5.74, 6) is 3.42. The number of rotatable bonds is 15. The van der Waals surface area contributed by atoms with Crippen molar-refractivity contribution < 1.29 is 0 Å². The van der Waals surface area contributed by atoms with Gasteiger partial charge in [0.15, 0.2) is 0 Å². The minimum atomic E-state index is 0.685. The van der Waals surface area contributed by atoms with Gasteiger partial charge in [0.25, 0.3) is 0 Å². The van der Waals surface area contributed by atoms with Gasteiger partial charge in [-0.1, -0.05) is 132 Å². The summed E-state index contributed by atoms with van der Waals surface area (Å²) in [5.41, 5.74) is 7.96. The molecule has 0 bridgehead atoms. The molecule has 0 radical (unpaired) electrons. The van der Waals surface area contributed by atoms with Crippen LogP contribution in [0.1, 0.15) is 129 Å². The molecule has 0 N–H and O–H groups in total. The van der Waals surface area contributed by atoms with Gasteiger partial charge >= 0.3 is 0 Å². The van der Waals surface area contributed by atoms with E-state index in [4.69, 9.17) is 0 Å². The average Bonchev–Trinajstić information content (AvgIpc) is 3.40. The third kappa shape index (κ3) is 5.57. The Balaban J connectivity index is 1.84. The first-order chi connectivity index (χ1) is 21.6. The van der Waals surface area contributed by atoms with E-state index < -0.39 is 0 Å². The lowest BCUT2D eigenvalue weighted by molar-refractivity contribution is 0.559. The van der Waals surface area contributed by atoms with Gasteiger partial charge in [-0.15, -0.1) is 0 Å². The van der Waals surface area contributed by atoms with Crippen molar-refractivity contribution in [3.05, 3.63) is 58.1 Å². The lowest BCUT2D eigenvalue weighted by Crippen LogP contribution is -2.03. The van der Waals surface area contributed by atoms with E-state index in [1.807, 2.05) is 0 Å². The van der Waals surface area contributed by atoms with E-state index in [9.17, 15) is 0 Å². The standard InChI is InChI=1S/C45H60/c1-11-26(6)16-31-21-37-33(18-28(8)13-3)23-39-35(20-30(10)15-5)25-40-34(19-29(9)14-4)24-38-32(17-27(7)12-2)22-36(31)41-42(37)44(39)45(40)43(38)41/h21-30H,11-20H2,1-10H3/t26-,27-,28-,29-,30-/m0/s1. The second kappa shape index (κ2) is 12.9. The van der Waals surface area contributed by atoms with Crippen LogP contribution in [-0.2, 0) is 32.1 Å².